The van der Waals surface area contributed by atoms with Gasteiger partial charge >= 0.3 is 0 Å². The van der Waals surface area contributed by atoms with E-state index < -0.39 is 0 Å². The van der Waals surface area contributed by atoms with Crippen molar-refractivity contribution in [3.8, 4) is 0 Å². The van der Waals surface area contributed by atoms with Crippen molar-refractivity contribution in [2.45, 2.75) is 6.54 Å². The highest BCUT2D eigenvalue weighted by Gasteiger charge is 2.09. The zero-order valence-corrected chi connectivity index (χ0v) is 14.7. The Morgan fingerprint density at radius 3 is 2.56 bits per heavy atom. The highest BCUT2D eigenvalue weighted by Crippen LogP contribution is 2.22. The first-order valence-electron chi connectivity index (χ1n) is 9.01. The van der Waals surface area contributed by atoms with Crippen LogP contribution in [0, 0.1) is 0 Å². The van der Waals surface area contributed by atoms with E-state index in [1.807, 2.05) is 30.4 Å². The van der Waals surface area contributed by atoms with E-state index in [0.29, 0.717) is 0 Å². The molecule has 2 heterocycles. The molecule has 0 aliphatic rings. The zero-order chi connectivity index (χ0) is 18.1. The zero-order valence-electron chi connectivity index (χ0n) is 14.7. The summed E-state index contributed by atoms with van der Waals surface area (Å²) in [6.07, 6.45) is 5.65. The molecule has 0 bridgehead atoms. The van der Waals surface area contributed by atoms with Crippen molar-refractivity contribution in [3.05, 3.63) is 102 Å². The molecule has 3 aromatic carbocycles. The molecule has 130 valence electrons. The first kappa shape index (κ1) is 15.6. The Hall–Kier alpha value is -3.59. The molecule has 0 saturated heterocycles. The molecule has 0 spiro atoms. The standard InChI is InChI=1S/C24H18N2O/c1-2-7-20-16-18(11-12-19(20)6-1)17-26-23-10-4-3-9-22(23)25-24(26)14-13-21-8-5-15-27-21/h1-16H,17H2. The summed E-state index contributed by atoms with van der Waals surface area (Å²) in [5.74, 6) is 1.74. The molecule has 0 N–H and O–H groups in total. The number of rotatable bonds is 4. The van der Waals surface area contributed by atoms with Gasteiger partial charge < -0.3 is 8.98 Å². The van der Waals surface area contributed by atoms with Crippen LogP contribution in [-0.4, -0.2) is 9.55 Å². The molecule has 5 rings (SSSR count). The van der Waals surface area contributed by atoms with Crippen molar-refractivity contribution in [3.63, 3.8) is 0 Å². The molecule has 0 aliphatic carbocycles. The average molecular weight is 350 g/mol. The summed E-state index contributed by atoms with van der Waals surface area (Å²) >= 11 is 0. The fraction of sp³-hybridized carbons (Fsp3) is 0.0417. The van der Waals surface area contributed by atoms with Gasteiger partial charge in [-0.1, -0.05) is 48.5 Å². The van der Waals surface area contributed by atoms with E-state index in [-0.39, 0.29) is 0 Å². The van der Waals surface area contributed by atoms with Crippen molar-refractivity contribution in [1.29, 1.82) is 0 Å². The summed E-state index contributed by atoms with van der Waals surface area (Å²) in [6.45, 7) is 0.767. The SMILES string of the molecule is C(=Cc1nc2ccccc2n1Cc1ccc2ccccc2c1)c1ccco1. The smallest absolute Gasteiger partial charge is 0.134 e. The number of hydrogen-bond donors (Lipinski definition) is 0. The van der Waals surface area contributed by atoms with E-state index >= 15 is 0 Å². The van der Waals surface area contributed by atoms with Crippen molar-refractivity contribution in [2.24, 2.45) is 0 Å². The van der Waals surface area contributed by atoms with Crippen molar-refractivity contribution in [2.75, 3.05) is 0 Å². The van der Waals surface area contributed by atoms with Crippen LogP contribution < -0.4 is 0 Å². The summed E-state index contributed by atoms with van der Waals surface area (Å²) in [5.41, 5.74) is 3.38. The number of para-hydroxylation sites is 2. The topological polar surface area (TPSA) is 31.0 Å². The summed E-state index contributed by atoms with van der Waals surface area (Å²) in [5, 5.41) is 2.52. The maximum atomic E-state index is 5.41. The van der Waals surface area contributed by atoms with E-state index in [1.165, 1.54) is 16.3 Å². The van der Waals surface area contributed by atoms with Crippen LogP contribution in [-0.2, 0) is 6.54 Å². The van der Waals surface area contributed by atoms with Gasteiger partial charge in [-0.25, -0.2) is 4.98 Å². The molecule has 2 aromatic heterocycles. The van der Waals surface area contributed by atoms with Gasteiger partial charge in [0.25, 0.3) is 0 Å². The molecule has 3 heteroatoms. The third-order valence-corrected chi connectivity index (χ3v) is 4.78. The fourth-order valence-corrected chi connectivity index (χ4v) is 3.45. The van der Waals surface area contributed by atoms with Gasteiger partial charge in [-0.15, -0.1) is 0 Å². The second-order valence-electron chi connectivity index (χ2n) is 6.58. The Morgan fingerprint density at radius 1 is 0.815 bits per heavy atom. The fourth-order valence-electron chi connectivity index (χ4n) is 3.45. The van der Waals surface area contributed by atoms with Crippen LogP contribution in [0.4, 0.5) is 0 Å². The molecule has 27 heavy (non-hydrogen) atoms. The monoisotopic (exact) mass is 350 g/mol. The highest BCUT2D eigenvalue weighted by atomic mass is 16.3. The Balaban J connectivity index is 1.58. The highest BCUT2D eigenvalue weighted by molar-refractivity contribution is 5.83. The average Bonchev–Trinajstić information content (AvgIpc) is 3.34. The number of hydrogen-bond acceptors (Lipinski definition) is 2. The summed E-state index contributed by atoms with van der Waals surface area (Å²) < 4.78 is 7.66. The Morgan fingerprint density at radius 2 is 1.67 bits per heavy atom. The lowest BCUT2D eigenvalue weighted by atomic mass is 10.1. The molecule has 0 fully saturated rings. The van der Waals surface area contributed by atoms with Crippen molar-refractivity contribution >= 4 is 34.0 Å². The number of furan rings is 1. The third kappa shape index (κ3) is 3.04. The lowest BCUT2D eigenvalue weighted by Gasteiger charge is -2.09. The third-order valence-electron chi connectivity index (χ3n) is 4.78. The van der Waals surface area contributed by atoms with Crippen LogP contribution in [0.1, 0.15) is 17.1 Å². The van der Waals surface area contributed by atoms with E-state index in [0.717, 1.165) is 29.2 Å². The van der Waals surface area contributed by atoms with Gasteiger partial charge in [-0.2, -0.15) is 0 Å². The second-order valence-corrected chi connectivity index (χ2v) is 6.58. The minimum Gasteiger partial charge on any atom is -0.465 e. The largest absolute Gasteiger partial charge is 0.465 e. The Kier molecular flexibility index (Phi) is 3.83. The molecule has 0 radical (unpaired) electrons. The van der Waals surface area contributed by atoms with Gasteiger partial charge in [0.1, 0.15) is 11.6 Å². The van der Waals surface area contributed by atoms with Gasteiger partial charge in [-0.05, 0) is 58.8 Å². The van der Waals surface area contributed by atoms with Gasteiger partial charge in [0.05, 0.1) is 17.3 Å². The Labute approximate surface area is 157 Å². The molecular formula is C24H18N2O. The predicted octanol–water partition coefficient (Wildman–Crippen LogP) is 6.00. The summed E-state index contributed by atoms with van der Waals surface area (Å²) in [4.78, 5) is 4.81. The van der Waals surface area contributed by atoms with Gasteiger partial charge in [0, 0.05) is 6.54 Å². The molecule has 0 atom stereocenters. The first-order valence-corrected chi connectivity index (χ1v) is 9.01. The van der Waals surface area contributed by atoms with Crippen LogP contribution in [0.3, 0.4) is 0 Å². The summed E-state index contributed by atoms with van der Waals surface area (Å²) in [7, 11) is 0. The van der Waals surface area contributed by atoms with Crippen LogP contribution in [0.5, 0.6) is 0 Å². The minimum atomic E-state index is 0.767. The van der Waals surface area contributed by atoms with Crippen LogP contribution in [0.15, 0.2) is 89.5 Å². The first-order chi connectivity index (χ1) is 13.4. The number of fused-ring (bicyclic) bond motifs is 2. The van der Waals surface area contributed by atoms with Gasteiger partial charge in [0.15, 0.2) is 0 Å². The number of imidazole rings is 1. The second kappa shape index (κ2) is 6.61. The quantitative estimate of drug-likeness (QED) is 0.398. The number of nitrogens with zero attached hydrogens (tertiary/aromatic N) is 2. The summed E-state index contributed by atoms with van der Waals surface area (Å²) in [6, 6.07) is 27.2. The lowest BCUT2D eigenvalue weighted by molar-refractivity contribution is 0.557. The molecule has 3 nitrogen and oxygen atoms in total. The Bertz CT molecular complexity index is 1250. The molecule has 0 saturated carbocycles. The maximum Gasteiger partial charge on any atom is 0.134 e. The van der Waals surface area contributed by atoms with Crippen molar-refractivity contribution < 1.29 is 4.42 Å². The molecule has 0 amide bonds. The molecule has 5 aromatic rings. The van der Waals surface area contributed by atoms with E-state index in [4.69, 9.17) is 9.40 Å². The minimum absolute atomic E-state index is 0.767. The van der Waals surface area contributed by atoms with Gasteiger partial charge in [0.2, 0.25) is 0 Å². The number of aromatic nitrogens is 2. The maximum absolute atomic E-state index is 5.41. The molecule has 0 unspecified atom stereocenters. The van der Waals surface area contributed by atoms with Crippen molar-refractivity contribution in [1.82, 2.24) is 9.55 Å². The molecular weight excluding hydrogens is 332 g/mol. The predicted molar refractivity (Wildman–Crippen MR) is 110 cm³/mol. The van der Waals surface area contributed by atoms with Crippen LogP contribution in [0.25, 0.3) is 34.0 Å². The van der Waals surface area contributed by atoms with Crippen LogP contribution in [0.2, 0.25) is 0 Å². The van der Waals surface area contributed by atoms with Crippen LogP contribution >= 0.6 is 0 Å². The van der Waals surface area contributed by atoms with Gasteiger partial charge in [-0.3, -0.25) is 0 Å². The van der Waals surface area contributed by atoms with E-state index in [2.05, 4.69) is 65.2 Å². The number of benzene rings is 3. The molecule has 0 aliphatic heterocycles. The normalized spacial score (nSPS) is 11.7. The van der Waals surface area contributed by atoms with E-state index in [1.54, 1.807) is 6.26 Å². The van der Waals surface area contributed by atoms with E-state index in [9.17, 15) is 0 Å². The lowest BCUT2D eigenvalue weighted by Crippen LogP contribution is -2.02.